The van der Waals surface area contributed by atoms with Gasteiger partial charge in [-0.2, -0.15) is 0 Å². The van der Waals surface area contributed by atoms with Crippen LogP contribution in [0.5, 0.6) is 0 Å². The second-order valence-corrected chi connectivity index (χ2v) is 6.58. The first-order valence-electron chi connectivity index (χ1n) is 7.14. The van der Waals surface area contributed by atoms with Crippen LogP contribution in [0.25, 0.3) is 0 Å². The molecule has 126 valence electrons. The van der Waals surface area contributed by atoms with Gasteiger partial charge in [0, 0.05) is 0 Å². The molecule has 9 atom stereocenters. The Labute approximate surface area is 130 Å². The molecule has 2 heterocycles. The van der Waals surface area contributed by atoms with Gasteiger partial charge in [-0.25, -0.2) is 0 Å². The van der Waals surface area contributed by atoms with E-state index < -0.39 is 56.9 Å². The van der Waals surface area contributed by atoms with Gasteiger partial charge in [0.25, 0.3) is 0 Å². The van der Waals surface area contributed by atoms with Gasteiger partial charge in [0.2, 0.25) is 0 Å². The monoisotopic (exact) mass is 338 g/mol. The minimum absolute atomic E-state index is 0.207. The summed E-state index contributed by atoms with van der Waals surface area (Å²) in [5.74, 6) is 0. The summed E-state index contributed by atoms with van der Waals surface area (Å²) in [5.41, 5.74) is 0. The maximum atomic E-state index is 11.8. The van der Waals surface area contributed by atoms with E-state index in [0.29, 0.717) is 0 Å². The third-order valence-electron chi connectivity index (χ3n) is 3.95. The molecule has 12 heteroatoms. The van der Waals surface area contributed by atoms with E-state index in [4.69, 9.17) is 23.6 Å². The number of aliphatic hydroxyl groups excluding tert-OH is 4. The fraction of sp³-hybridized carbons (Fsp3) is 1.00. The normalized spacial score (nSPS) is 46.9. The van der Waals surface area contributed by atoms with Crippen LogP contribution in [0.4, 0.5) is 0 Å². The van der Waals surface area contributed by atoms with Gasteiger partial charge in [-0.1, -0.05) is 0 Å². The van der Waals surface area contributed by atoms with Crippen LogP contribution in [0, 0.1) is 0 Å². The fourth-order valence-electron chi connectivity index (χ4n) is 2.61. The minimum Gasteiger partial charge on any atom is -0.394 e. The van der Waals surface area contributed by atoms with Crippen molar-refractivity contribution in [2.75, 3.05) is 13.2 Å². The van der Waals surface area contributed by atoms with Crippen LogP contribution in [0.15, 0.2) is 0 Å². The Morgan fingerprint density at radius 1 is 1.00 bits per heavy atom. The summed E-state index contributed by atoms with van der Waals surface area (Å²) >= 11 is 0. The van der Waals surface area contributed by atoms with E-state index in [1.807, 2.05) is 0 Å². The Morgan fingerprint density at radius 3 is 2.14 bits per heavy atom. The highest BCUT2D eigenvalue weighted by molar-refractivity contribution is 7.33. The average molecular weight is 338 g/mol. The first-order valence-corrected chi connectivity index (χ1v) is 8.37. The van der Waals surface area contributed by atoms with Crippen LogP contribution < -0.4 is 0 Å². The highest BCUT2D eigenvalue weighted by Crippen LogP contribution is 2.34. The van der Waals surface area contributed by atoms with Crippen LogP contribution in [0.1, 0.15) is 0 Å². The van der Waals surface area contributed by atoms with Crippen molar-refractivity contribution in [1.82, 2.24) is 0 Å². The zero-order valence-corrected chi connectivity index (χ0v) is 13.4. The van der Waals surface area contributed by atoms with E-state index in [0.717, 1.165) is 0 Å². The third-order valence-corrected chi connectivity index (χ3v) is 4.82. The standard InChI is InChI=1S/C10H21B2O9P/c11-9-7(16)5(14)4(20-9)2-18-22(17)21-8-6(15)3(1-13)19-10(8)12/h3-10,13-16,22H,1-2,11-12H2/t3-,4-,5?,6?,7?,8?,9-,10-/m1/s1. The predicted octanol–water partition coefficient (Wildman–Crippen LogP) is -4.43. The molecule has 0 radical (unpaired) electrons. The second kappa shape index (κ2) is 7.74. The zero-order valence-electron chi connectivity index (χ0n) is 12.4. The number of aliphatic hydroxyl groups is 4. The summed E-state index contributed by atoms with van der Waals surface area (Å²) in [6.07, 6.45) is -5.70. The van der Waals surface area contributed by atoms with Crippen LogP contribution in [-0.2, 0) is 23.1 Å². The molecule has 0 amide bonds. The Kier molecular flexibility index (Phi) is 6.47. The van der Waals surface area contributed by atoms with Gasteiger partial charge in [-0.15, -0.1) is 0 Å². The lowest BCUT2D eigenvalue weighted by Crippen LogP contribution is -2.35. The molecule has 2 aliphatic rings. The molecule has 9 nitrogen and oxygen atoms in total. The van der Waals surface area contributed by atoms with Gasteiger partial charge >= 0.3 is 8.25 Å². The molecule has 4 N–H and O–H groups in total. The topological polar surface area (TPSA) is 135 Å². The van der Waals surface area contributed by atoms with E-state index in [1.165, 1.54) is 0 Å². The van der Waals surface area contributed by atoms with Gasteiger partial charge in [0.1, 0.15) is 52.3 Å². The smallest absolute Gasteiger partial charge is 0.319 e. The Balaban J connectivity index is 1.79. The number of ether oxygens (including phenoxy) is 2. The van der Waals surface area contributed by atoms with Crippen molar-refractivity contribution >= 4 is 23.9 Å². The van der Waals surface area contributed by atoms with Gasteiger partial charge in [0.05, 0.1) is 25.2 Å². The van der Waals surface area contributed by atoms with E-state index in [2.05, 4.69) is 0 Å². The van der Waals surface area contributed by atoms with Crippen molar-refractivity contribution in [3.8, 4) is 0 Å². The molecule has 0 saturated carbocycles. The van der Waals surface area contributed by atoms with E-state index in [1.54, 1.807) is 15.7 Å². The zero-order chi connectivity index (χ0) is 16.4. The molecule has 2 rings (SSSR count). The largest absolute Gasteiger partial charge is 0.394 e. The first-order chi connectivity index (χ1) is 10.3. The molecule has 0 aromatic rings. The van der Waals surface area contributed by atoms with Gasteiger partial charge in [-0.3, -0.25) is 4.57 Å². The summed E-state index contributed by atoms with van der Waals surface area (Å²) in [4.78, 5) is 0. The number of hydrogen-bond acceptors (Lipinski definition) is 9. The maximum absolute atomic E-state index is 11.8. The average Bonchev–Trinajstić information content (AvgIpc) is 2.89. The van der Waals surface area contributed by atoms with Crippen molar-refractivity contribution in [2.45, 2.75) is 48.6 Å². The van der Waals surface area contributed by atoms with Crippen molar-refractivity contribution in [3.05, 3.63) is 0 Å². The molecule has 0 bridgehead atoms. The summed E-state index contributed by atoms with van der Waals surface area (Å²) < 4.78 is 32.5. The minimum atomic E-state index is -2.96. The maximum Gasteiger partial charge on any atom is 0.319 e. The summed E-state index contributed by atoms with van der Waals surface area (Å²) in [5, 5.41) is 38.1. The predicted molar refractivity (Wildman–Crippen MR) is 79.3 cm³/mol. The van der Waals surface area contributed by atoms with Gasteiger partial charge in [0.15, 0.2) is 0 Å². The van der Waals surface area contributed by atoms with Gasteiger partial charge < -0.3 is 38.9 Å². The van der Waals surface area contributed by atoms with Crippen LogP contribution in [0.2, 0.25) is 0 Å². The molecular weight excluding hydrogens is 317 g/mol. The lowest BCUT2D eigenvalue weighted by atomic mass is 9.93. The van der Waals surface area contributed by atoms with Crippen LogP contribution >= 0.6 is 8.25 Å². The highest BCUT2D eigenvalue weighted by Gasteiger charge is 2.43. The van der Waals surface area contributed by atoms with Crippen molar-refractivity contribution < 1.29 is 43.5 Å². The molecule has 22 heavy (non-hydrogen) atoms. The quantitative estimate of drug-likeness (QED) is 0.279. The Hall–Kier alpha value is 0.0399. The lowest BCUT2D eigenvalue weighted by molar-refractivity contribution is -0.0130. The SMILES string of the molecule is B[C@@H]1O[C@H](CO[PH](=O)OC2C(O)[C@@H](CO)O[C@H]2B)C(O)C1O. The Morgan fingerprint density at radius 2 is 1.64 bits per heavy atom. The summed E-state index contributed by atoms with van der Waals surface area (Å²) in [6.45, 7) is -0.577. The lowest BCUT2D eigenvalue weighted by Gasteiger charge is -2.19. The fourth-order valence-corrected chi connectivity index (χ4v) is 3.53. The molecule has 0 aliphatic carbocycles. The van der Waals surface area contributed by atoms with Crippen LogP contribution in [0.3, 0.4) is 0 Å². The molecular formula is C10H21B2O9P. The molecule has 2 aliphatic heterocycles. The second-order valence-electron chi connectivity index (χ2n) is 5.56. The molecule has 5 unspecified atom stereocenters. The molecule has 0 aromatic carbocycles. The molecule has 2 fully saturated rings. The summed E-state index contributed by atoms with van der Waals surface area (Å²) in [6, 6.07) is -1.08. The van der Waals surface area contributed by atoms with E-state index in [-0.39, 0.29) is 13.2 Å². The number of rotatable bonds is 6. The van der Waals surface area contributed by atoms with Crippen molar-refractivity contribution in [2.24, 2.45) is 0 Å². The van der Waals surface area contributed by atoms with Crippen LogP contribution in [-0.4, -0.2) is 98.0 Å². The molecule has 2 saturated heterocycles. The van der Waals surface area contributed by atoms with Gasteiger partial charge in [-0.05, 0) is 0 Å². The molecule has 0 aromatic heterocycles. The highest BCUT2D eigenvalue weighted by atomic mass is 31.1. The first kappa shape index (κ1) is 18.4. The summed E-state index contributed by atoms with van der Waals surface area (Å²) in [7, 11) is 0.275. The Bertz CT molecular complexity index is 403. The van der Waals surface area contributed by atoms with E-state index in [9.17, 15) is 19.9 Å². The van der Waals surface area contributed by atoms with Crippen molar-refractivity contribution in [1.29, 1.82) is 0 Å². The third kappa shape index (κ3) is 3.92. The molecule has 0 spiro atoms. The number of hydrogen-bond donors (Lipinski definition) is 4. The van der Waals surface area contributed by atoms with E-state index >= 15 is 0 Å². The van der Waals surface area contributed by atoms with Crippen molar-refractivity contribution in [3.63, 3.8) is 0 Å².